The van der Waals surface area contributed by atoms with E-state index in [1.807, 2.05) is 0 Å². The number of rotatable bonds is 2. The van der Waals surface area contributed by atoms with Crippen LogP contribution in [-0.4, -0.2) is 0 Å². The van der Waals surface area contributed by atoms with Crippen LogP contribution >= 0.6 is 15.6 Å². The molecule has 0 aromatic carbocycles. The van der Waals surface area contributed by atoms with Crippen molar-refractivity contribution in [1.82, 2.24) is 0 Å². The Bertz CT molecular complexity index is 152. The molecule has 7 nitrogen and oxygen atoms in total. The second kappa shape index (κ2) is 4.09. The first-order chi connectivity index (χ1) is 3.71. The van der Waals surface area contributed by atoms with E-state index >= 15 is 0 Å². The fourth-order valence-electron chi connectivity index (χ4n) is 0.122. The predicted molar refractivity (Wildman–Crippen MR) is 16.3 cm³/mol. The first-order valence-electron chi connectivity index (χ1n) is 1.46. The van der Waals surface area contributed by atoms with Crippen molar-refractivity contribution in [3.63, 3.8) is 0 Å². The molecule has 0 heterocycles. The van der Waals surface area contributed by atoms with Crippen LogP contribution in [0.1, 0.15) is 0 Å². The van der Waals surface area contributed by atoms with Crippen molar-refractivity contribution >= 4 is 15.6 Å². The smallest absolute Gasteiger partial charge is 0.790 e. The van der Waals surface area contributed by atoms with E-state index in [2.05, 4.69) is 4.31 Å². The molecule has 0 unspecified atom stereocenters. The molecule has 0 N–H and O–H groups in total. The maximum Gasteiger partial charge on any atom is 4.00 e. The van der Waals surface area contributed by atoms with Gasteiger partial charge in [0.25, 0.3) is 0 Å². The van der Waals surface area contributed by atoms with Gasteiger partial charge in [-0.25, -0.2) is 0 Å². The van der Waals surface area contributed by atoms with Crippen molar-refractivity contribution in [2.75, 3.05) is 0 Å². The van der Waals surface area contributed by atoms with Crippen molar-refractivity contribution in [1.29, 1.82) is 0 Å². The van der Waals surface area contributed by atoms with E-state index in [0.717, 1.165) is 0 Å². The van der Waals surface area contributed by atoms with Crippen LogP contribution in [-0.2, 0) is 34.5 Å². The third-order valence-electron chi connectivity index (χ3n) is 0.200. The van der Waals surface area contributed by atoms with E-state index < -0.39 is 15.6 Å². The second-order valence-corrected chi connectivity index (χ2v) is 3.42. The molecule has 0 amide bonds. The molecular formula is MoO7P2. The fraction of sp³-hybridized carbons (Fsp3) is 0. The molecule has 0 saturated carbocycles. The van der Waals surface area contributed by atoms with Crippen LogP contribution in [0.2, 0.25) is 0 Å². The molecule has 10 heavy (non-hydrogen) atoms. The summed E-state index contributed by atoms with van der Waals surface area (Å²) in [6.07, 6.45) is 0. The van der Waals surface area contributed by atoms with Gasteiger partial charge in [-0.1, -0.05) is 0 Å². The molecule has 0 bridgehead atoms. The molecule has 0 aromatic rings. The summed E-state index contributed by atoms with van der Waals surface area (Å²) < 4.78 is 21.2. The van der Waals surface area contributed by atoms with Gasteiger partial charge in [0.1, 0.15) is 0 Å². The molecule has 58 valence electrons. The van der Waals surface area contributed by atoms with Gasteiger partial charge in [-0.3, -0.25) is 0 Å². The average molecular weight is 270 g/mol. The Balaban J connectivity index is 0. The average Bonchev–Trinajstić information content (AvgIpc) is 1.14. The van der Waals surface area contributed by atoms with Gasteiger partial charge in [0, 0.05) is 0 Å². The number of hydrogen-bond acceptors (Lipinski definition) is 7. The zero-order valence-electron chi connectivity index (χ0n) is 4.16. The van der Waals surface area contributed by atoms with Crippen LogP contribution in [0.4, 0.5) is 0 Å². The van der Waals surface area contributed by atoms with Crippen molar-refractivity contribution in [2.45, 2.75) is 0 Å². The molecule has 10 heteroatoms. The maximum atomic E-state index is 9.32. The van der Waals surface area contributed by atoms with Crippen LogP contribution in [0.15, 0.2) is 0 Å². The van der Waals surface area contributed by atoms with Gasteiger partial charge in [-0.2, -0.15) is 0 Å². The first-order valence-corrected chi connectivity index (χ1v) is 4.38. The number of phosphoric acid groups is 2. The van der Waals surface area contributed by atoms with Gasteiger partial charge >= 0.3 is 21.1 Å². The number of hydrogen-bond donors (Lipinski definition) is 0. The first kappa shape index (κ1) is 13.5. The summed E-state index contributed by atoms with van der Waals surface area (Å²) in [6.45, 7) is 0. The van der Waals surface area contributed by atoms with Crippen molar-refractivity contribution in [3.05, 3.63) is 0 Å². The minimum atomic E-state index is -5.68. The Morgan fingerprint density at radius 3 is 1.10 bits per heavy atom. The van der Waals surface area contributed by atoms with Crippen LogP contribution < -0.4 is 19.6 Å². The molecule has 0 saturated heterocycles. The molecule has 0 fully saturated rings. The summed E-state index contributed by atoms with van der Waals surface area (Å²) in [5.41, 5.74) is 0. The van der Waals surface area contributed by atoms with Gasteiger partial charge in [-0.05, 0) is 0 Å². The monoisotopic (exact) mass is 272 g/mol. The van der Waals surface area contributed by atoms with Crippen LogP contribution in [0.3, 0.4) is 0 Å². The zero-order chi connectivity index (χ0) is 7.71. The zero-order valence-corrected chi connectivity index (χ0v) is 7.96. The summed E-state index contributed by atoms with van der Waals surface area (Å²) >= 11 is 0. The van der Waals surface area contributed by atoms with Gasteiger partial charge in [-0.15, -0.1) is 0 Å². The molecule has 0 atom stereocenters. The molecular weight excluding hydrogens is 270 g/mol. The van der Waals surface area contributed by atoms with E-state index in [0.29, 0.717) is 0 Å². The van der Waals surface area contributed by atoms with Crippen LogP contribution in [0, 0.1) is 0 Å². The fourth-order valence-corrected chi connectivity index (χ4v) is 1.10. The molecule has 0 aliphatic carbocycles. The van der Waals surface area contributed by atoms with Crippen molar-refractivity contribution in [2.24, 2.45) is 0 Å². The topological polar surface area (TPSA) is 136 Å². The minimum absolute atomic E-state index is 0. The second-order valence-electron chi connectivity index (χ2n) is 0.976. The van der Waals surface area contributed by atoms with E-state index in [1.54, 1.807) is 0 Å². The van der Waals surface area contributed by atoms with Gasteiger partial charge in [0.2, 0.25) is 0 Å². The Labute approximate surface area is 70.2 Å². The molecule has 0 radical (unpaired) electrons. The molecule has 0 aliphatic heterocycles. The Morgan fingerprint density at radius 2 is 1.10 bits per heavy atom. The van der Waals surface area contributed by atoms with E-state index in [1.165, 1.54) is 0 Å². The Morgan fingerprint density at radius 1 is 0.900 bits per heavy atom. The Hall–Kier alpha value is 0.948. The third kappa shape index (κ3) is 11.7. The van der Waals surface area contributed by atoms with Gasteiger partial charge in [0.05, 0.1) is 15.6 Å². The normalized spacial score (nSPS) is 12.4. The molecule has 0 aliphatic rings. The maximum absolute atomic E-state index is 9.32. The van der Waals surface area contributed by atoms with E-state index in [4.69, 9.17) is 0 Å². The van der Waals surface area contributed by atoms with E-state index in [-0.39, 0.29) is 21.1 Å². The van der Waals surface area contributed by atoms with Crippen molar-refractivity contribution < 1.29 is 54.1 Å². The standard InChI is InChI=1S/Mo.H4O7P2/c;1-8(2,3)7-9(4,5)6/h;(H2,1,2,3)(H2,4,5,6)/q+4;/p-4. The minimum Gasteiger partial charge on any atom is -0.790 e. The van der Waals surface area contributed by atoms with Crippen LogP contribution in [0.25, 0.3) is 0 Å². The van der Waals surface area contributed by atoms with E-state index in [9.17, 15) is 28.7 Å². The summed E-state index contributed by atoms with van der Waals surface area (Å²) in [7, 11) is -11.4. The molecule has 0 spiro atoms. The molecule has 0 aromatic heterocycles. The third-order valence-corrected chi connectivity index (χ3v) is 1.80. The predicted octanol–water partition coefficient (Wildman–Crippen LogP) is -3.34. The Kier molecular flexibility index (Phi) is 5.54. The van der Waals surface area contributed by atoms with Gasteiger partial charge in [0.15, 0.2) is 0 Å². The molecule has 0 rings (SSSR count). The quantitative estimate of drug-likeness (QED) is 0.377. The van der Waals surface area contributed by atoms with Crippen LogP contribution in [0.5, 0.6) is 0 Å². The summed E-state index contributed by atoms with van der Waals surface area (Å²) in [5.74, 6) is 0. The largest absolute Gasteiger partial charge is 4.00 e. The van der Waals surface area contributed by atoms with Crippen molar-refractivity contribution in [3.8, 4) is 0 Å². The SMILES string of the molecule is O=P([O-])([O-])OP(=O)([O-])[O-].[Mo+4]. The summed E-state index contributed by atoms with van der Waals surface area (Å²) in [6, 6.07) is 0. The summed E-state index contributed by atoms with van der Waals surface area (Å²) in [4.78, 5) is 37.3. The summed E-state index contributed by atoms with van der Waals surface area (Å²) in [5, 5.41) is 0. The van der Waals surface area contributed by atoms with Gasteiger partial charge < -0.3 is 33.0 Å².